The number of hydrogen-bond donors (Lipinski definition) is 7. The second-order valence-corrected chi connectivity index (χ2v) is 48.6. The van der Waals surface area contributed by atoms with Crippen LogP contribution in [0.1, 0.15) is 55.2 Å². The number of aryl methyl sites for hydroxylation is 3. The summed E-state index contributed by atoms with van der Waals surface area (Å²) in [5, 5.41) is 29.8. The highest BCUT2D eigenvalue weighted by Gasteiger charge is 2.49. The largest absolute Gasteiger partial charge is 0.494 e. The summed E-state index contributed by atoms with van der Waals surface area (Å²) in [5.41, 5.74) is 13.0. The van der Waals surface area contributed by atoms with Crippen molar-refractivity contribution >= 4 is 195 Å². The first-order valence-corrected chi connectivity index (χ1v) is 53.6. The second kappa shape index (κ2) is 37.3. The molecule has 25 nitrogen and oxygen atoms in total. The zero-order chi connectivity index (χ0) is 93.1. The molecule has 19 rings (SSSR count). The number of aromatic amines is 1. The van der Waals surface area contributed by atoms with E-state index in [9.17, 15) is 26.9 Å². The number of piperidine rings is 3. The van der Waals surface area contributed by atoms with E-state index in [-0.39, 0.29) is 5.41 Å². The highest BCUT2D eigenvalue weighted by Crippen LogP contribution is 2.51. The van der Waals surface area contributed by atoms with E-state index in [0.717, 1.165) is 151 Å². The number of rotatable bonds is 22. The summed E-state index contributed by atoms with van der Waals surface area (Å²) < 4.78 is 96.9. The van der Waals surface area contributed by atoms with Crippen LogP contribution in [0.5, 0.6) is 17.2 Å². The molecule has 0 saturated carbocycles. The van der Waals surface area contributed by atoms with E-state index in [0.29, 0.717) is 91.5 Å². The van der Waals surface area contributed by atoms with Crippen LogP contribution in [0.15, 0.2) is 175 Å². The SMILES string of the molecule is COc1cc(N2CCC3(CC2)CN(C)C3)c(C)cc1Nc1nc(Nc2ccc3ccccc3c2P(C)(C)=O)c2cc[nH]c2n1.COc1cc(N2CCC3(CC2)CN(C)C3)c(C)cc1Nc1ncc(Br)c(Nc2ccc3ccccc3c2P(C)(C)=O)n1.COc1cc(N2CCC3(CC2)CN(CC(F)(F)F)C3)c(C)cc1Nc1ncc(Cl)c(Nc2ccc3ccccc3c2P(C)(C)=O)n1. The Morgan fingerprint density at radius 1 is 0.432 bits per heavy atom. The van der Waals surface area contributed by atoms with Crippen LogP contribution in [0.2, 0.25) is 5.02 Å². The molecule has 0 radical (unpaired) electrons. The number of nitrogens with one attached hydrogen (secondary N) is 7. The number of H-pyrrole nitrogens is 1. The van der Waals surface area contributed by atoms with Crippen molar-refractivity contribution in [2.75, 3.05) is 207 Å². The Balaban J connectivity index is 0.000000138. The van der Waals surface area contributed by atoms with Gasteiger partial charge in [-0.3, -0.25) is 4.90 Å². The molecule has 4 aromatic heterocycles. The topological polar surface area (TPSA) is 264 Å². The van der Waals surface area contributed by atoms with Gasteiger partial charge in [0.1, 0.15) is 61.0 Å². The van der Waals surface area contributed by atoms with Gasteiger partial charge < -0.3 is 89.3 Å². The van der Waals surface area contributed by atoms with Crippen LogP contribution in [0.25, 0.3) is 43.4 Å². The predicted octanol–water partition coefficient (Wildman–Crippen LogP) is 21.5. The number of hydrogen-bond acceptors (Lipinski definition) is 24. The van der Waals surface area contributed by atoms with Gasteiger partial charge in [-0.05, 0) is 237 Å². The number of aromatic nitrogens is 7. The summed E-state index contributed by atoms with van der Waals surface area (Å²) in [6.07, 6.45) is 7.52. The third-order valence-corrected chi connectivity index (χ3v) is 32.2. The van der Waals surface area contributed by atoms with Gasteiger partial charge in [0.05, 0.1) is 78.1 Å². The number of methoxy groups -OCH3 is 3. The normalized spacial score (nSPS) is 16.8. The summed E-state index contributed by atoms with van der Waals surface area (Å²) in [4.78, 5) is 44.8. The average molecular weight is 1930 g/mol. The standard InChI is InChI=1S/C34H40N7O2P.C33H37ClF3N6O2P.C32H38BrN6O2P/c1-22-18-27(29(43-3)19-28(22)41-16-13-34(14-17-41)20-40(2)21-34)37-33-38-31-25(12-15-35-31)32(39-33)36-26-11-10-23-8-6-7-9-24(23)30(26)44(4,5)42;1-21-15-26(28(45-2)16-27(21)43-13-11-32(12-14-43)18-42(19-32)20-33(35,36)37)40-31-38-17-24(34)30(41-31)39-25-10-9-22-7-5-6-8-23(22)29(25)46(3,4)44;1-21-16-26(28(41-3)17-27(21)39-14-12-32(13-15-39)19-38(2)20-32)36-31-34-18-24(33)30(37-31)35-25-11-10-22-8-6-7-9-23(22)29(25)42(4,5)40/h6-12,15,18-19H,13-14,16-17,20-21H2,1-5H3,(H3,35,36,37,38,39);5-10,15-17H,11-14,18-20H2,1-4H3,(H2,38,39,40,41);6-11,16-18H,12-15,19-20H2,1-5H3,(H2,34,35,36,37). The Hall–Kier alpha value is -10.7. The van der Waals surface area contributed by atoms with Gasteiger partial charge in [-0.15, -0.1) is 0 Å². The number of fused-ring (bicyclic) bond motifs is 4. The quantitative estimate of drug-likeness (QED) is 0.0311. The minimum atomic E-state index is -4.16. The molecule has 10 heterocycles. The molecule has 6 aliphatic heterocycles. The van der Waals surface area contributed by atoms with Crippen LogP contribution < -0.4 is 76.7 Å². The molecule has 0 unspecified atom stereocenters. The van der Waals surface area contributed by atoms with Crippen molar-refractivity contribution < 1.29 is 41.1 Å². The van der Waals surface area contributed by atoms with Crippen molar-refractivity contribution in [2.24, 2.45) is 16.2 Å². The van der Waals surface area contributed by atoms with E-state index in [2.05, 4.69) is 144 Å². The van der Waals surface area contributed by atoms with E-state index >= 15 is 0 Å². The highest BCUT2D eigenvalue weighted by atomic mass is 79.9. The first kappa shape index (κ1) is 93.1. The number of nitrogens with zero attached hydrogens (tertiary/aromatic N) is 12. The molecule has 0 atom stereocenters. The maximum absolute atomic E-state index is 13.6. The lowest BCUT2D eigenvalue weighted by Crippen LogP contribution is -2.61. The molecule has 6 saturated heterocycles. The maximum atomic E-state index is 13.6. The molecule has 3 spiro atoms. The Morgan fingerprint density at radius 2 is 0.780 bits per heavy atom. The van der Waals surface area contributed by atoms with Crippen molar-refractivity contribution in [3.05, 3.63) is 196 Å². The summed E-state index contributed by atoms with van der Waals surface area (Å²) >= 11 is 10.1. The summed E-state index contributed by atoms with van der Waals surface area (Å²) in [7, 11) is 1.45. The first-order chi connectivity index (χ1) is 62.9. The van der Waals surface area contributed by atoms with Crippen LogP contribution in [-0.2, 0) is 13.7 Å². The molecule has 33 heteroatoms. The number of anilines is 15. The van der Waals surface area contributed by atoms with Crippen molar-refractivity contribution in [1.29, 1.82) is 0 Å². The lowest BCUT2D eigenvalue weighted by atomic mass is 9.72. The molecular formula is C99H115BrClF3N19O6P3. The number of likely N-dealkylation sites (tertiary alicyclic amines) is 3. The van der Waals surface area contributed by atoms with Crippen LogP contribution in [0.3, 0.4) is 0 Å². The number of benzene rings is 9. The van der Waals surface area contributed by atoms with Gasteiger partial charge in [0.25, 0.3) is 0 Å². The van der Waals surface area contributed by atoms with Crippen molar-refractivity contribution in [1.82, 2.24) is 49.6 Å². The van der Waals surface area contributed by atoms with Crippen LogP contribution in [-0.4, -0.2) is 216 Å². The van der Waals surface area contributed by atoms with Crippen molar-refractivity contribution in [3.63, 3.8) is 0 Å². The van der Waals surface area contributed by atoms with E-state index < -0.39 is 34.1 Å². The molecular weight excluding hydrogens is 1820 g/mol. The number of halogens is 5. The fourth-order valence-electron chi connectivity index (χ4n) is 20.6. The molecule has 9 aromatic carbocycles. The van der Waals surface area contributed by atoms with Gasteiger partial charge in [0.2, 0.25) is 17.8 Å². The average Bonchev–Trinajstić information content (AvgIpc) is 1.08. The molecule has 692 valence electrons. The zero-order valence-corrected chi connectivity index (χ0v) is 82.2. The van der Waals surface area contributed by atoms with Crippen molar-refractivity contribution in [2.45, 2.75) is 65.5 Å². The Morgan fingerprint density at radius 3 is 1.16 bits per heavy atom. The Labute approximate surface area is 782 Å². The molecule has 13 aromatic rings. The zero-order valence-electron chi connectivity index (χ0n) is 77.1. The van der Waals surface area contributed by atoms with Crippen molar-refractivity contribution in [3.8, 4) is 17.2 Å². The maximum Gasteiger partial charge on any atom is 0.401 e. The van der Waals surface area contributed by atoms with E-state index in [1.54, 1.807) is 54.2 Å². The van der Waals surface area contributed by atoms with E-state index in [1.165, 1.54) is 85.5 Å². The Bertz CT molecular complexity index is 6680. The lowest BCUT2D eigenvalue weighted by molar-refractivity contribution is -0.171. The number of ether oxygens (including phenoxy) is 3. The molecule has 132 heavy (non-hydrogen) atoms. The van der Waals surface area contributed by atoms with Crippen LogP contribution in [0, 0.1) is 37.0 Å². The fraction of sp³-hybridized carbons (Fsp3) is 0.374. The third-order valence-electron chi connectivity index (χ3n) is 26.7. The Kier molecular flexibility index (Phi) is 26.3. The van der Waals surface area contributed by atoms with Crippen LogP contribution >= 0.6 is 49.0 Å². The lowest BCUT2D eigenvalue weighted by Gasteiger charge is -2.54. The monoisotopic (exact) mass is 1930 g/mol. The molecule has 0 bridgehead atoms. The van der Waals surface area contributed by atoms with Gasteiger partial charge in [0, 0.05) is 142 Å². The van der Waals surface area contributed by atoms with Gasteiger partial charge in [-0.2, -0.15) is 33.1 Å². The second-order valence-electron chi connectivity index (χ2n) is 37.9. The fourth-order valence-corrected chi connectivity index (χ4v) is 25.5. The minimum Gasteiger partial charge on any atom is -0.494 e. The summed E-state index contributed by atoms with van der Waals surface area (Å²) in [5.74, 6) is 4.81. The summed E-state index contributed by atoms with van der Waals surface area (Å²) in [6, 6.07) is 50.2. The highest BCUT2D eigenvalue weighted by molar-refractivity contribution is 9.10. The molecule has 6 fully saturated rings. The van der Waals surface area contributed by atoms with E-state index in [4.69, 9.17) is 40.8 Å². The minimum absolute atomic E-state index is 0.0301. The third kappa shape index (κ3) is 20.1. The molecule has 0 aliphatic carbocycles. The number of alkyl halides is 3. The van der Waals surface area contributed by atoms with Gasteiger partial charge in [-0.1, -0.05) is 103 Å². The molecule has 7 N–H and O–H groups in total. The van der Waals surface area contributed by atoms with E-state index in [1.807, 2.05) is 154 Å². The summed E-state index contributed by atoms with van der Waals surface area (Å²) in [6.45, 7) is 27.8. The molecule has 6 aliphatic rings. The first-order valence-electron chi connectivity index (χ1n) is 44.6. The van der Waals surface area contributed by atoms with Gasteiger partial charge in [0.15, 0.2) is 5.82 Å². The van der Waals surface area contributed by atoms with Gasteiger partial charge in [-0.25, -0.2) is 9.97 Å². The van der Waals surface area contributed by atoms with Crippen LogP contribution in [0.4, 0.5) is 99.7 Å². The predicted molar refractivity (Wildman–Crippen MR) is 542 cm³/mol. The molecule has 0 amide bonds. The smallest absolute Gasteiger partial charge is 0.401 e. The van der Waals surface area contributed by atoms with Gasteiger partial charge >= 0.3 is 6.18 Å².